The molecule has 1 aliphatic heterocycles. The molecule has 1 unspecified atom stereocenters. The summed E-state index contributed by atoms with van der Waals surface area (Å²) in [7, 11) is 1.60. The lowest BCUT2D eigenvalue weighted by Gasteiger charge is -2.40. The van der Waals surface area contributed by atoms with Crippen LogP contribution in [0.3, 0.4) is 0 Å². The molecule has 0 saturated carbocycles. The van der Waals surface area contributed by atoms with Crippen LogP contribution < -0.4 is 10.2 Å². The Hall–Kier alpha value is -2.26. The van der Waals surface area contributed by atoms with Crippen LogP contribution in [-0.2, 0) is 11.0 Å². The van der Waals surface area contributed by atoms with E-state index in [9.17, 15) is 18.0 Å². The maximum absolute atomic E-state index is 12.6. The number of carbonyl (C=O) groups excluding carboxylic acids is 1. The highest BCUT2D eigenvalue weighted by Gasteiger charge is 2.41. The number of carbonyl (C=O) groups is 1. The number of likely N-dealkylation sites (N-methyl/N-ethyl adjacent to an activating group) is 1. The van der Waals surface area contributed by atoms with E-state index in [4.69, 9.17) is 0 Å². The van der Waals surface area contributed by atoms with Crippen molar-refractivity contribution in [3.8, 4) is 11.3 Å². The highest BCUT2D eigenvalue weighted by Crippen LogP contribution is 2.29. The third-order valence-corrected chi connectivity index (χ3v) is 4.26. The van der Waals surface area contributed by atoms with Gasteiger partial charge in [0.1, 0.15) is 17.8 Å². The van der Waals surface area contributed by atoms with E-state index in [1.807, 2.05) is 6.92 Å². The third-order valence-electron chi connectivity index (χ3n) is 4.26. The van der Waals surface area contributed by atoms with Crippen molar-refractivity contribution < 1.29 is 18.0 Å². The topological polar surface area (TPSA) is 71.0 Å². The van der Waals surface area contributed by atoms with Gasteiger partial charge in [-0.2, -0.15) is 13.2 Å². The van der Waals surface area contributed by atoms with Crippen molar-refractivity contribution in [2.24, 2.45) is 0 Å². The lowest BCUT2D eigenvalue weighted by atomic mass is 9.89. The predicted molar refractivity (Wildman–Crippen MR) is 91.9 cm³/mol. The monoisotopic (exact) mass is 387 g/mol. The second-order valence-electron chi connectivity index (χ2n) is 6.06. The molecule has 0 bridgehead atoms. The van der Waals surface area contributed by atoms with Gasteiger partial charge in [0.05, 0.1) is 11.2 Å². The molecule has 3 heterocycles. The van der Waals surface area contributed by atoms with Gasteiger partial charge in [0.2, 0.25) is 5.91 Å². The van der Waals surface area contributed by atoms with Gasteiger partial charge in [0.25, 0.3) is 0 Å². The summed E-state index contributed by atoms with van der Waals surface area (Å²) in [5.74, 6) is 0.235. The van der Waals surface area contributed by atoms with Crippen molar-refractivity contribution in [2.75, 3.05) is 18.5 Å². The van der Waals surface area contributed by atoms with Crippen LogP contribution in [0.25, 0.3) is 11.3 Å². The van der Waals surface area contributed by atoms with E-state index in [0.29, 0.717) is 17.1 Å². The number of anilines is 1. The van der Waals surface area contributed by atoms with Gasteiger partial charge in [-0.05, 0) is 32.0 Å². The van der Waals surface area contributed by atoms with E-state index in [0.717, 1.165) is 25.2 Å². The first-order chi connectivity index (χ1) is 11.7. The summed E-state index contributed by atoms with van der Waals surface area (Å²) in [5, 5.41) is 3.09. The van der Waals surface area contributed by atoms with Crippen molar-refractivity contribution in [2.45, 2.75) is 25.1 Å². The molecule has 2 aromatic heterocycles. The molecule has 10 heteroatoms. The zero-order chi connectivity index (χ0) is 18.2. The fourth-order valence-electron chi connectivity index (χ4n) is 2.56. The fourth-order valence-corrected chi connectivity index (χ4v) is 2.56. The number of amides is 1. The van der Waals surface area contributed by atoms with Gasteiger partial charge in [-0.1, -0.05) is 0 Å². The quantitative estimate of drug-likeness (QED) is 0.876. The first kappa shape index (κ1) is 20.1. The highest BCUT2D eigenvalue weighted by atomic mass is 35.5. The Morgan fingerprint density at radius 1 is 1.27 bits per heavy atom. The van der Waals surface area contributed by atoms with Crippen LogP contribution in [0.4, 0.5) is 19.0 Å². The van der Waals surface area contributed by atoms with E-state index in [-0.39, 0.29) is 18.3 Å². The highest BCUT2D eigenvalue weighted by molar-refractivity contribution is 5.99. The third kappa shape index (κ3) is 3.78. The number of pyridine rings is 1. The van der Waals surface area contributed by atoms with Gasteiger partial charge in [-0.25, -0.2) is 9.97 Å². The van der Waals surface area contributed by atoms with Crippen molar-refractivity contribution in [3.63, 3.8) is 0 Å². The summed E-state index contributed by atoms with van der Waals surface area (Å²) in [5.41, 5.74) is -0.791. The first-order valence-electron chi connectivity index (χ1n) is 7.59. The Bertz CT molecular complexity index is 793. The number of hydrogen-bond acceptors (Lipinski definition) is 5. The van der Waals surface area contributed by atoms with Crippen molar-refractivity contribution in [1.82, 2.24) is 20.3 Å². The molecule has 140 valence electrons. The van der Waals surface area contributed by atoms with Crippen molar-refractivity contribution >= 4 is 24.1 Å². The predicted octanol–water partition coefficient (Wildman–Crippen LogP) is 2.69. The minimum Gasteiger partial charge on any atom is -0.303 e. The van der Waals surface area contributed by atoms with Crippen LogP contribution in [0, 0.1) is 0 Å². The lowest BCUT2D eigenvalue weighted by Crippen LogP contribution is -2.64. The number of alkyl halides is 3. The van der Waals surface area contributed by atoms with Crippen LogP contribution in [0.15, 0.2) is 30.7 Å². The SMILES string of the molecule is CN(C(=O)C1(C)CCN1)c1cc(-c2ccc(C(F)(F)F)nc2)ncn1.Cl. The molecule has 1 fully saturated rings. The normalized spacial score (nSPS) is 19.3. The summed E-state index contributed by atoms with van der Waals surface area (Å²) in [6, 6.07) is 3.73. The number of aromatic nitrogens is 3. The zero-order valence-corrected chi connectivity index (χ0v) is 14.9. The van der Waals surface area contributed by atoms with E-state index >= 15 is 0 Å². The van der Waals surface area contributed by atoms with Crippen molar-refractivity contribution in [3.05, 3.63) is 36.4 Å². The minimum atomic E-state index is -4.49. The summed E-state index contributed by atoms with van der Waals surface area (Å²) >= 11 is 0. The summed E-state index contributed by atoms with van der Waals surface area (Å²) < 4.78 is 37.8. The molecule has 1 amide bonds. The Labute approximate surface area is 154 Å². The second-order valence-corrected chi connectivity index (χ2v) is 6.06. The molecule has 1 saturated heterocycles. The maximum atomic E-state index is 12.6. The molecule has 1 atom stereocenters. The Kier molecular flexibility index (Phi) is 5.52. The van der Waals surface area contributed by atoms with E-state index < -0.39 is 17.4 Å². The van der Waals surface area contributed by atoms with E-state index in [1.54, 1.807) is 13.1 Å². The number of hydrogen-bond donors (Lipinski definition) is 1. The molecular formula is C16H17ClF3N5O. The van der Waals surface area contributed by atoms with Gasteiger partial charge < -0.3 is 5.32 Å². The Morgan fingerprint density at radius 2 is 1.96 bits per heavy atom. The fraction of sp³-hybridized carbons (Fsp3) is 0.375. The molecule has 26 heavy (non-hydrogen) atoms. The lowest BCUT2D eigenvalue weighted by molar-refractivity contribution is -0.141. The van der Waals surface area contributed by atoms with Crippen LogP contribution in [0.5, 0.6) is 0 Å². The van der Waals surface area contributed by atoms with Gasteiger partial charge in [0, 0.05) is 24.9 Å². The standard InChI is InChI=1S/C16H16F3N5O.ClH/c1-15(5-6-23-15)14(25)24(2)13-7-11(21-9-22-13)10-3-4-12(20-8-10)16(17,18)19;/h3-4,7-9,23H,5-6H2,1-2H3;1H. The molecule has 2 aromatic rings. The maximum Gasteiger partial charge on any atom is 0.433 e. The second kappa shape index (κ2) is 7.16. The summed E-state index contributed by atoms with van der Waals surface area (Å²) in [4.78, 5) is 25.5. The summed E-state index contributed by atoms with van der Waals surface area (Å²) in [6.07, 6.45) is -1.39. The first-order valence-corrected chi connectivity index (χ1v) is 7.59. The minimum absolute atomic E-state index is 0. The number of rotatable bonds is 3. The zero-order valence-electron chi connectivity index (χ0n) is 14.0. The van der Waals surface area contributed by atoms with Gasteiger partial charge in [-0.15, -0.1) is 12.4 Å². The van der Waals surface area contributed by atoms with Crippen LogP contribution in [0.1, 0.15) is 19.0 Å². The molecule has 0 aliphatic carbocycles. The van der Waals surface area contributed by atoms with Crippen molar-refractivity contribution in [1.29, 1.82) is 0 Å². The van der Waals surface area contributed by atoms with Crippen LogP contribution in [0.2, 0.25) is 0 Å². The van der Waals surface area contributed by atoms with E-state index in [1.165, 1.54) is 17.3 Å². The molecule has 3 rings (SSSR count). The Balaban J connectivity index is 0.00000243. The largest absolute Gasteiger partial charge is 0.433 e. The molecule has 1 N–H and O–H groups in total. The van der Waals surface area contributed by atoms with Crippen LogP contribution >= 0.6 is 12.4 Å². The number of nitrogens with one attached hydrogen (secondary N) is 1. The number of nitrogens with zero attached hydrogens (tertiary/aromatic N) is 4. The molecule has 0 radical (unpaired) electrons. The molecule has 1 aliphatic rings. The Morgan fingerprint density at radius 3 is 2.46 bits per heavy atom. The average molecular weight is 388 g/mol. The van der Waals surface area contributed by atoms with Gasteiger partial charge in [-0.3, -0.25) is 14.7 Å². The molecule has 0 aromatic carbocycles. The van der Waals surface area contributed by atoms with Gasteiger partial charge in [0.15, 0.2) is 0 Å². The molecule has 0 spiro atoms. The molecule has 6 nitrogen and oxygen atoms in total. The van der Waals surface area contributed by atoms with Crippen LogP contribution in [-0.4, -0.2) is 40.0 Å². The van der Waals surface area contributed by atoms with E-state index in [2.05, 4.69) is 20.3 Å². The summed E-state index contributed by atoms with van der Waals surface area (Å²) in [6.45, 7) is 2.60. The number of halogens is 4. The van der Waals surface area contributed by atoms with Gasteiger partial charge >= 0.3 is 6.18 Å². The smallest absolute Gasteiger partial charge is 0.303 e. The molecular weight excluding hydrogens is 371 g/mol. The average Bonchev–Trinajstić information content (AvgIpc) is 2.58.